The predicted octanol–water partition coefficient (Wildman–Crippen LogP) is 3.07. The van der Waals surface area contributed by atoms with Crippen molar-refractivity contribution in [2.24, 2.45) is 0 Å². The highest BCUT2D eigenvalue weighted by Crippen LogP contribution is 2.26. The van der Waals surface area contributed by atoms with Crippen molar-refractivity contribution in [1.82, 2.24) is 0 Å². The molecule has 1 atom stereocenters. The molecule has 0 saturated carbocycles. The van der Waals surface area contributed by atoms with Crippen LogP contribution in [0.1, 0.15) is 34.8 Å². The van der Waals surface area contributed by atoms with Crippen LogP contribution in [0.25, 0.3) is 0 Å². The molecule has 0 heterocycles. The Morgan fingerprint density at radius 3 is 2.62 bits per heavy atom. The molecule has 0 saturated heterocycles. The smallest absolute Gasteiger partial charge is 0.342 e. The van der Waals surface area contributed by atoms with Crippen LogP contribution in [0.5, 0.6) is 11.5 Å². The molecule has 136 valence electrons. The van der Waals surface area contributed by atoms with Gasteiger partial charge in [0.25, 0.3) is 5.91 Å². The van der Waals surface area contributed by atoms with Crippen LogP contribution < -0.4 is 10.1 Å². The Morgan fingerprint density at radius 1 is 1.12 bits per heavy atom. The Balaban J connectivity index is 1.62. The third kappa shape index (κ3) is 3.79. The molecule has 0 unspecified atom stereocenters. The Labute approximate surface area is 151 Å². The fraction of sp³-hybridized carbons (Fsp3) is 0.300. The predicted molar refractivity (Wildman–Crippen MR) is 96.6 cm³/mol. The van der Waals surface area contributed by atoms with Crippen LogP contribution in [0.3, 0.4) is 0 Å². The lowest BCUT2D eigenvalue weighted by Crippen LogP contribution is -2.30. The minimum absolute atomic E-state index is 0.0250. The lowest BCUT2D eigenvalue weighted by atomic mass is 10.1. The number of fused-ring (bicyclic) bond motifs is 1. The number of ether oxygens (including phenoxy) is 2. The molecule has 1 aliphatic rings. The van der Waals surface area contributed by atoms with E-state index in [2.05, 4.69) is 5.32 Å². The summed E-state index contributed by atoms with van der Waals surface area (Å²) >= 11 is 0. The first-order valence-corrected chi connectivity index (χ1v) is 8.48. The molecule has 0 aliphatic heterocycles. The van der Waals surface area contributed by atoms with E-state index in [1.807, 2.05) is 18.2 Å². The maximum atomic E-state index is 12.3. The molecule has 6 nitrogen and oxygen atoms in total. The van der Waals surface area contributed by atoms with Crippen LogP contribution in [0.4, 0.5) is 5.69 Å². The molecule has 3 rings (SSSR count). The van der Waals surface area contributed by atoms with E-state index >= 15 is 0 Å². The van der Waals surface area contributed by atoms with Gasteiger partial charge in [-0.25, -0.2) is 4.79 Å². The quantitative estimate of drug-likeness (QED) is 0.805. The molecule has 0 bridgehead atoms. The van der Waals surface area contributed by atoms with Crippen molar-refractivity contribution in [3.8, 4) is 11.5 Å². The molecule has 1 amide bonds. The van der Waals surface area contributed by atoms with Crippen molar-refractivity contribution in [2.75, 3.05) is 12.4 Å². The Morgan fingerprint density at radius 2 is 1.88 bits per heavy atom. The first-order chi connectivity index (χ1) is 12.5. The number of rotatable bonds is 5. The molecule has 2 aromatic rings. The van der Waals surface area contributed by atoms with Crippen molar-refractivity contribution >= 4 is 17.6 Å². The van der Waals surface area contributed by atoms with Crippen molar-refractivity contribution in [2.45, 2.75) is 32.3 Å². The van der Waals surface area contributed by atoms with Gasteiger partial charge in [0.2, 0.25) is 0 Å². The van der Waals surface area contributed by atoms with Gasteiger partial charge in [-0.05, 0) is 61.6 Å². The average molecular weight is 355 g/mol. The second-order valence-electron chi connectivity index (χ2n) is 6.26. The number of benzene rings is 2. The zero-order valence-electron chi connectivity index (χ0n) is 14.7. The number of anilines is 1. The Bertz CT molecular complexity index is 846. The van der Waals surface area contributed by atoms with E-state index < -0.39 is 18.0 Å². The second kappa shape index (κ2) is 7.47. The SMILES string of the molecule is COc1ccc(C(=O)O[C@@H](C)C(=O)Nc2ccc3c(c2)CCC3)c(O)c1. The number of methoxy groups -OCH3 is 1. The third-order valence-electron chi connectivity index (χ3n) is 4.44. The highest BCUT2D eigenvalue weighted by atomic mass is 16.5. The number of phenols is 1. The topological polar surface area (TPSA) is 84.9 Å². The molecular weight excluding hydrogens is 334 g/mol. The molecule has 0 radical (unpaired) electrons. The third-order valence-corrected chi connectivity index (χ3v) is 4.44. The van der Waals surface area contributed by atoms with Crippen LogP contribution in [0.15, 0.2) is 36.4 Å². The van der Waals surface area contributed by atoms with Gasteiger partial charge in [0, 0.05) is 11.8 Å². The van der Waals surface area contributed by atoms with Crippen molar-refractivity contribution in [3.05, 3.63) is 53.1 Å². The lowest BCUT2D eigenvalue weighted by Gasteiger charge is -2.15. The van der Waals surface area contributed by atoms with E-state index in [1.54, 1.807) is 0 Å². The number of hydrogen-bond donors (Lipinski definition) is 2. The van der Waals surface area contributed by atoms with E-state index in [1.165, 1.54) is 43.4 Å². The Kier molecular flexibility index (Phi) is 5.11. The number of aryl methyl sites for hydroxylation is 2. The van der Waals surface area contributed by atoms with Crippen molar-refractivity contribution in [1.29, 1.82) is 0 Å². The van der Waals surface area contributed by atoms with Crippen LogP contribution in [0, 0.1) is 0 Å². The molecular formula is C20H21NO5. The molecule has 0 fully saturated rings. The molecule has 6 heteroatoms. The summed E-state index contributed by atoms with van der Waals surface area (Å²) in [4.78, 5) is 24.5. The number of carbonyl (C=O) groups excluding carboxylic acids is 2. The largest absolute Gasteiger partial charge is 0.507 e. The van der Waals surface area contributed by atoms with E-state index in [4.69, 9.17) is 9.47 Å². The number of carbonyl (C=O) groups is 2. The highest BCUT2D eigenvalue weighted by Gasteiger charge is 2.22. The van der Waals surface area contributed by atoms with Crippen LogP contribution in [-0.4, -0.2) is 30.2 Å². The van der Waals surface area contributed by atoms with Gasteiger partial charge in [0.05, 0.1) is 7.11 Å². The summed E-state index contributed by atoms with van der Waals surface area (Å²) < 4.78 is 10.1. The number of amides is 1. The van der Waals surface area contributed by atoms with E-state index in [0.29, 0.717) is 11.4 Å². The molecule has 26 heavy (non-hydrogen) atoms. The highest BCUT2D eigenvalue weighted by molar-refractivity contribution is 5.98. The number of nitrogens with one attached hydrogen (secondary N) is 1. The maximum Gasteiger partial charge on any atom is 0.342 e. The summed E-state index contributed by atoms with van der Waals surface area (Å²) in [5, 5.41) is 12.7. The van der Waals surface area contributed by atoms with Crippen LogP contribution in [-0.2, 0) is 22.4 Å². The molecule has 0 aromatic heterocycles. The summed E-state index contributed by atoms with van der Waals surface area (Å²) in [7, 11) is 1.46. The van der Waals surface area contributed by atoms with Crippen LogP contribution >= 0.6 is 0 Å². The Hall–Kier alpha value is -3.02. The zero-order chi connectivity index (χ0) is 18.7. The molecule has 2 N–H and O–H groups in total. The first-order valence-electron chi connectivity index (χ1n) is 8.48. The number of esters is 1. The summed E-state index contributed by atoms with van der Waals surface area (Å²) in [6.07, 6.45) is 2.22. The van der Waals surface area contributed by atoms with E-state index in [0.717, 1.165) is 19.3 Å². The molecule has 0 spiro atoms. The van der Waals surface area contributed by atoms with Gasteiger partial charge in [-0.1, -0.05) is 6.07 Å². The van der Waals surface area contributed by atoms with Crippen LogP contribution in [0.2, 0.25) is 0 Å². The standard InChI is InChI=1S/C20H21NO5/c1-12(26-20(24)17-9-8-16(25-2)11-18(17)22)19(23)21-15-7-6-13-4-3-5-14(13)10-15/h6-12,22H,3-5H2,1-2H3,(H,21,23)/t12-/m0/s1. The van der Waals surface area contributed by atoms with Gasteiger partial charge in [-0.15, -0.1) is 0 Å². The summed E-state index contributed by atoms with van der Waals surface area (Å²) in [6.45, 7) is 1.49. The van der Waals surface area contributed by atoms with Gasteiger partial charge in [-0.2, -0.15) is 0 Å². The van der Waals surface area contributed by atoms with Gasteiger partial charge in [0.15, 0.2) is 6.10 Å². The minimum Gasteiger partial charge on any atom is -0.507 e. The van der Waals surface area contributed by atoms with Gasteiger partial charge in [0.1, 0.15) is 17.1 Å². The summed E-state index contributed by atoms with van der Waals surface area (Å²) in [5.41, 5.74) is 3.22. The van der Waals surface area contributed by atoms with Gasteiger partial charge >= 0.3 is 5.97 Å². The maximum absolute atomic E-state index is 12.3. The van der Waals surface area contributed by atoms with Crippen molar-refractivity contribution < 1.29 is 24.2 Å². The lowest BCUT2D eigenvalue weighted by molar-refractivity contribution is -0.123. The fourth-order valence-electron chi connectivity index (χ4n) is 2.98. The summed E-state index contributed by atoms with van der Waals surface area (Å²) in [6, 6.07) is 10.1. The number of phenolic OH excluding ortho intramolecular Hbond substituents is 1. The zero-order valence-corrected chi connectivity index (χ0v) is 14.7. The van der Waals surface area contributed by atoms with Crippen molar-refractivity contribution in [3.63, 3.8) is 0 Å². The summed E-state index contributed by atoms with van der Waals surface area (Å²) in [5.74, 6) is -1.05. The minimum atomic E-state index is -1.00. The van der Waals surface area contributed by atoms with Gasteiger partial charge < -0.3 is 19.9 Å². The molecule has 2 aromatic carbocycles. The fourth-order valence-corrected chi connectivity index (χ4v) is 2.98. The number of aromatic hydroxyl groups is 1. The number of hydrogen-bond acceptors (Lipinski definition) is 5. The second-order valence-corrected chi connectivity index (χ2v) is 6.26. The van der Waals surface area contributed by atoms with E-state index in [-0.39, 0.29) is 11.3 Å². The first kappa shape index (κ1) is 17.8. The average Bonchev–Trinajstić information content (AvgIpc) is 3.09. The van der Waals surface area contributed by atoms with E-state index in [9.17, 15) is 14.7 Å². The van der Waals surface area contributed by atoms with Gasteiger partial charge in [-0.3, -0.25) is 4.79 Å². The monoisotopic (exact) mass is 355 g/mol. The molecule has 1 aliphatic carbocycles. The normalized spacial score (nSPS) is 13.6.